The van der Waals surface area contributed by atoms with Gasteiger partial charge in [0.1, 0.15) is 4.83 Å². The maximum Gasteiger partial charge on any atom is 0.263 e. The number of hydrogen-bond donors (Lipinski definition) is 0. The van der Waals surface area contributed by atoms with Crippen molar-refractivity contribution in [1.29, 1.82) is 0 Å². The predicted octanol–water partition coefficient (Wildman–Crippen LogP) is 5.09. The van der Waals surface area contributed by atoms with E-state index in [4.69, 9.17) is 9.72 Å². The lowest BCUT2D eigenvalue weighted by molar-refractivity contribution is -0.0379. The van der Waals surface area contributed by atoms with Crippen molar-refractivity contribution in [3.63, 3.8) is 0 Å². The van der Waals surface area contributed by atoms with E-state index in [0.29, 0.717) is 6.61 Å². The topological polar surface area (TPSA) is 44.1 Å². The second-order valence-electron chi connectivity index (χ2n) is 7.87. The summed E-state index contributed by atoms with van der Waals surface area (Å²) >= 11 is 3.25. The van der Waals surface area contributed by atoms with Crippen LogP contribution in [0.3, 0.4) is 0 Å². The van der Waals surface area contributed by atoms with Crippen molar-refractivity contribution in [3.8, 4) is 0 Å². The Morgan fingerprint density at radius 1 is 1.38 bits per heavy atom. The Morgan fingerprint density at radius 2 is 2.15 bits per heavy atom. The molecule has 0 spiro atoms. The monoisotopic (exact) mass is 390 g/mol. The van der Waals surface area contributed by atoms with Crippen molar-refractivity contribution in [1.82, 2.24) is 9.55 Å². The minimum atomic E-state index is -0.223. The number of nitrogens with zero attached hydrogens (tertiary/aromatic N) is 2. The van der Waals surface area contributed by atoms with Gasteiger partial charge >= 0.3 is 0 Å². The van der Waals surface area contributed by atoms with Crippen LogP contribution in [0, 0.1) is 0 Å². The highest BCUT2D eigenvalue weighted by molar-refractivity contribution is 7.99. The third kappa shape index (κ3) is 3.27. The zero-order valence-corrected chi connectivity index (χ0v) is 17.2. The van der Waals surface area contributed by atoms with Crippen LogP contribution in [0.5, 0.6) is 0 Å². The molecule has 140 valence electrons. The second-order valence-corrected chi connectivity index (χ2v) is 9.94. The maximum absolute atomic E-state index is 13.6. The van der Waals surface area contributed by atoms with Crippen molar-refractivity contribution in [2.45, 2.75) is 75.8 Å². The van der Waals surface area contributed by atoms with Crippen LogP contribution < -0.4 is 5.56 Å². The van der Waals surface area contributed by atoms with Gasteiger partial charge in [-0.25, -0.2) is 4.98 Å². The summed E-state index contributed by atoms with van der Waals surface area (Å²) in [6, 6.07) is 0.281. The van der Waals surface area contributed by atoms with Gasteiger partial charge < -0.3 is 4.74 Å². The van der Waals surface area contributed by atoms with Crippen LogP contribution in [0.1, 0.15) is 62.4 Å². The average Bonchev–Trinajstić information content (AvgIpc) is 2.97. The first-order valence-corrected chi connectivity index (χ1v) is 11.2. The van der Waals surface area contributed by atoms with Crippen molar-refractivity contribution in [2.24, 2.45) is 0 Å². The van der Waals surface area contributed by atoms with Crippen LogP contribution in [0.15, 0.2) is 22.6 Å². The molecule has 2 aromatic rings. The molecule has 0 atom stereocenters. The fourth-order valence-electron chi connectivity index (χ4n) is 4.08. The summed E-state index contributed by atoms with van der Waals surface area (Å²) in [6.07, 6.45) is 8.48. The number of hydrogen-bond acceptors (Lipinski definition) is 5. The molecule has 0 aromatic carbocycles. The van der Waals surface area contributed by atoms with Crippen LogP contribution >= 0.6 is 23.1 Å². The first-order valence-electron chi connectivity index (χ1n) is 9.44. The van der Waals surface area contributed by atoms with Gasteiger partial charge in [0.2, 0.25) is 0 Å². The zero-order chi connectivity index (χ0) is 18.3. The number of thioether (sulfide) groups is 1. The molecule has 0 bridgehead atoms. The second kappa shape index (κ2) is 7.13. The SMILES string of the molecule is C=CCSc1nc2sc3c(c2c(=O)n1C1CCCCC1)CC(C)(C)OC3. The van der Waals surface area contributed by atoms with E-state index in [1.807, 2.05) is 10.6 Å². The molecule has 1 aliphatic heterocycles. The van der Waals surface area contributed by atoms with Crippen LogP contribution in [0.2, 0.25) is 0 Å². The summed E-state index contributed by atoms with van der Waals surface area (Å²) in [5, 5.41) is 1.70. The van der Waals surface area contributed by atoms with E-state index in [0.717, 1.165) is 40.4 Å². The van der Waals surface area contributed by atoms with E-state index in [1.165, 1.54) is 29.7 Å². The Labute approximate surface area is 162 Å². The van der Waals surface area contributed by atoms with E-state index >= 15 is 0 Å². The molecular weight excluding hydrogens is 364 g/mol. The third-order valence-electron chi connectivity index (χ3n) is 5.37. The number of thiophene rings is 1. The van der Waals surface area contributed by atoms with Gasteiger partial charge in [0.25, 0.3) is 5.56 Å². The van der Waals surface area contributed by atoms with E-state index in [1.54, 1.807) is 23.1 Å². The van der Waals surface area contributed by atoms with Crippen LogP contribution in [-0.2, 0) is 17.8 Å². The summed E-state index contributed by atoms with van der Waals surface area (Å²) in [6.45, 7) is 8.60. The quantitative estimate of drug-likeness (QED) is 0.414. The summed E-state index contributed by atoms with van der Waals surface area (Å²) < 4.78 is 7.96. The van der Waals surface area contributed by atoms with E-state index < -0.39 is 0 Å². The summed E-state index contributed by atoms with van der Waals surface area (Å²) in [5.74, 6) is 0.770. The van der Waals surface area contributed by atoms with Gasteiger partial charge in [-0.15, -0.1) is 17.9 Å². The van der Waals surface area contributed by atoms with Gasteiger partial charge in [-0.1, -0.05) is 37.1 Å². The van der Waals surface area contributed by atoms with E-state index in [2.05, 4.69) is 20.4 Å². The minimum Gasteiger partial charge on any atom is -0.370 e. The highest BCUT2D eigenvalue weighted by atomic mass is 32.2. The predicted molar refractivity (Wildman–Crippen MR) is 109 cm³/mol. The molecule has 26 heavy (non-hydrogen) atoms. The van der Waals surface area contributed by atoms with Gasteiger partial charge in [0.05, 0.1) is 17.6 Å². The molecule has 1 aliphatic carbocycles. The van der Waals surface area contributed by atoms with Crippen molar-refractivity contribution in [2.75, 3.05) is 5.75 Å². The molecule has 0 saturated heterocycles. The minimum absolute atomic E-state index is 0.156. The Balaban J connectivity index is 1.90. The lowest BCUT2D eigenvalue weighted by atomic mass is 9.93. The van der Waals surface area contributed by atoms with Crippen molar-refractivity contribution >= 4 is 33.3 Å². The molecular formula is C20H26N2O2S2. The smallest absolute Gasteiger partial charge is 0.263 e. The number of ether oxygens (including phenoxy) is 1. The summed E-state index contributed by atoms with van der Waals surface area (Å²) in [5.41, 5.74) is 1.10. The highest BCUT2D eigenvalue weighted by Gasteiger charge is 2.32. The fraction of sp³-hybridized carbons (Fsp3) is 0.600. The number of rotatable bonds is 4. The van der Waals surface area contributed by atoms with Gasteiger partial charge in [-0.2, -0.15) is 0 Å². The first kappa shape index (κ1) is 18.3. The molecule has 6 heteroatoms. The normalized spacial score (nSPS) is 20.2. The molecule has 1 saturated carbocycles. The molecule has 0 N–H and O–H groups in total. The molecule has 4 rings (SSSR count). The lowest BCUT2D eigenvalue weighted by Crippen LogP contribution is -2.33. The van der Waals surface area contributed by atoms with Crippen LogP contribution in [-0.4, -0.2) is 20.9 Å². The molecule has 0 amide bonds. The molecule has 2 aromatic heterocycles. The summed E-state index contributed by atoms with van der Waals surface area (Å²) in [7, 11) is 0. The van der Waals surface area contributed by atoms with E-state index in [9.17, 15) is 4.79 Å². The average molecular weight is 391 g/mol. The maximum atomic E-state index is 13.6. The standard InChI is InChI=1S/C20H26N2O2S2/c1-4-10-25-19-21-17-16(14-11-20(2,3)24-12-15(14)26-17)18(23)22(19)13-8-6-5-7-9-13/h4,13H,1,5-12H2,2-3H3. The Morgan fingerprint density at radius 3 is 2.88 bits per heavy atom. The third-order valence-corrected chi connectivity index (χ3v) is 7.42. The number of fused-ring (bicyclic) bond motifs is 3. The first-order chi connectivity index (χ1) is 12.5. The van der Waals surface area contributed by atoms with Crippen molar-refractivity contribution < 1.29 is 4.74 Å². The molecule has 3 heterocycles. The molecule has 0 radical (unpaired) electrons. The summed E-state index contributed by atoms with van der Waals surface area (Å²) in [4.78, 5) is 20.6. The van der Waals surface area contributed by atoms with Crippen LogP contribution in [0.4, 0.5) is 0 Å². The van der Waals surface area contributed by atoms with Gasteiger partial charge in [0.15, 0.2) is 5.16 Å². The lowest BCUT2D eigenvalue weighted by Gasteiger charge is -2.30. The zero-order valence-electron chi connectivity index (χ0n) is 15.5. The Hall–Kier alpha value is -1.11. The molecule has 4 nitrogen and oxygen atoms in total. The van der Waals surface area contributed by atoms with E-state index in [-0.39, 0.29) is 17.2 Å². The number of aromatic nitrogens is 2. The molecule has 0 unspecified atom stereocenters. The molecule has 1 fully saturated rings. The fourth-order valence-corrected chi connectivity index (χ4v) is 6.03. The van der Waals surface area contributed by atoms with Gasteiger partial charge in [0, 0.05) is 23.1 Å². The van der Waals surface area contributed by atoms with Crippen molar-refractivity contribution in [3.05, 3.63) is 33.4 Å². The molecule has 2 aliphatic rings. The van der Waals surface area contributed by atoms with Crippen LogP contribution in [0.25, 0.3) is 10.2 Å². The largest absolute Gasteiger partial charge is 0.370 e. The highest BCUT2D eigenvalue weighted by Crippen LogP contribution is 2.39. The van der Waals surface area contributed by atoms with Gasteiger partial charge in [-0.3, -0.25) is 9.36 Å². The Kier molecular flexibility index (Phi) is 5.01. The van der Waals surface area contributed by atoms with Gasteiger partial charge in [-0.05, 0) is 32.3 Å². The Bertz CT molecular complexity index is 891.